The Morgan fingerprint density at radius 3 is 2.47 bits per heavy atom. The number of H-pyrrole nitrogens is 1. The lowest BCUT2D eigenvalue weighted by molar-refractivity contribution is 0.0847. The van der Waals surface area contributed by atoms with Crippen molar-refractivity contribution in [1.82, 2.24) is 14.9 Å². The maximum absolute atomic E-state index is 12.8. The topological polar surface area (TPSA) is 73.5 Å². The maximum Gasteiger partial charge on any atom is 0.253 e. The number of aryl methyl sites for hydroxylation is 2. The van der Waals surface area contributed by atoms with E-state index in [1.165, 1.54) is 60.1 Å². The zero-order chi connectivity index (χ0) is 29.8. The number of nitrogens with one attached hydrogen (secondary N) is 2. The zero-order valence-electron chi connectivity index (χ0n) is 25.9. The van der Waals surface area contributed by atoms with E-state index in [1.807, 2.05) is 26.1 Å². The van der Waals surface area contributed by atoms with Gasteiger partial charge in [0.1, 0.15) is 5.82 Å². The van der Waals surface area contributed by atoms with Crippen LogP contribution < -0.4 is 15.8 Å². The van der Waals surface area contributed by atoms with Gasteiger partial charge in [0.2, 0.25) is 0 Å². The minimum Gasteiger partial charge on any atom is -0.381 e. The molecule has 0 unspecified atom stereocenters. The van der Waals surface area contributed by atoms with Crippen molar-refractivity contribution in [3.63, 3.8) is 0 Å². The number of anilines is 2. The highest BCUT2D eigenvalue weighted by Crippen LogP contribution is 2.38. The second-order valence-corrected chi connectivity index (χ2v) is 12.2. The highest BCUT2D eigenvalue weighted by atomic mass is 16.5. The summed E-state index contributed by atoms with van der Waals surface area (Å²) in [4.78, 5) is 25.6. The molecule has 2 aliphatic rings. The van der Waals surface area contributed by atoms with Gasteiger partial charge in [0.25, 0.3) is 5.56 Å². The van der Waals surface area contributed by atoms with E-state index in [9.17, 15) is 4.79 Å². The monoisotopic (exact) mass is 579 g/mol. The van der Waals surface area contributed by atoms with Gasteiger partial charge in [-0.3, -0.25) is 9.69 Å². The Balaban J connectivity index is 1.38. The Hall–Kier alpha value is -3.68. The average molecular weight is 580 g/mol. The smallest absolute Gasteiger partial charge is 0.253 e. The van der Waals surface area contributed by atoms with E-state index in [0.717, 1.165) is 67.2 Å². The molecule has 0 bridgehead atoms. The lowest BCUT2D eigenvalue weighted by atomic mass is 9.97. The summed E-state index contributed by atoms with van der Waals surface area (Å²) in [6.07, 6.45) is 7.90. The first kappa shape index (κ1) is 29.4. The molecule has 7 heteroatoms. The van der Waals surface area contributed by atoms with Crippen LogP contribution in [0.3, 0.4) is 0 Å². The molecule has 2 fully saturated rings. The summed E-state index contributed by atoms with van der Waals surface area (Å²) in [5.74, 6) is 0.796. The first-order valence-electron chi connectivity index (χ1n) is 16.0. The van der Waals surface area contributed by atoms with Gasteiger partial charge in [-0.15, -0.1) is 0 Å². The number of aromatic amines is 1. The normalized spacial score (nSPS) is 16.4. The van der Waals surface area contributed by atoms with Crippen molar-refractivity contribution in [3.05, 3.63) is 87.5 Å². The fraction of sp³-hybridized carbons (Fsp3) is 0.444. The van der Waals surface area contributed by atoms with Crippen LogP contribution in [0.5, 0.6) is 0 Å². The van der Waals surface area contributed by atoms with Gasteiger partial charge < -0.3 is 19.9 Å². The largest absolute Gasteiger partial charge is 0.381 e. The number of ether oxygens (including phenoxy) is 1. The van der Waals surface area contributed by atoms with E-state index in [1.54, 1.807) is 0 Å². The SMILES string of the molecule is CCN(c1cc(-c2ccc(CN3CCCCC3)cc2)cc2c(NCc3c(C)cc(C)[nH]c3=O)nccc12)C1CCOCC1. The third-order valence-electron chi connectivity index (χ3n) is 9.21. The molecule has 7 nitrogen and oxygen atoms in total. The standard InChI is InChI=1S/C36H45N5O2/c1-4-41(30-13-18-43-19-14-30)34-22-29(28-10-8-27(9-11-28)24-40-16-6-5-7-17-40)21-32-31(34)12-15-37-35(32)38-23-33-25(2)20-26(3)39-36(33)42/h8-12,15,20-22,30H,4-7,13-14,16-19,23-24H2,1-3H3,(H,37,38)(H,39,42). The van der Waals surface area contributed by atoms with Crippen LogP contribution in [0.1, 0.15) is 61.4 Å². The number of nitrogens with zero attached hydrogens (tertiary/aromatic N) is 3. The first-order chi connectivity index (χ1) is 21.0. The summed E-state index contributed by atoms with van der Waals surface area (Å²) in [5.41, 5.74) is 7.53. The van der Waals surface area contributed by atoms with Crippen LogP contribution in [0.2, 0.25) is 0 Å². The first-order valence-corrected chi connectivity index (χ1v) is 16.0. The van der Waals surface area contributed by atoms with E-state index in [2.05, 4.69) is 69.5 Å². The van der Waals surface area contributed by atoms with Gasteiger partial charge in [0.05, 0.1) is 0 Å². The Morgan fingerprint density at radius 1 is 0.977 bits per heavy atom. The fourth-order valence-corrected chi connectivity index (χ4v) is 6.88. The summed E-state index contributed by atoms with van der Waals surface area (Å²) in [6, 6.07) is 18.3. The summed E-state index contributed by atoms with van der Waals surface area (Å²) >= 11 is 0. The lowest BCUT2D eigenvalue weighted by Crippen LogP contribution is -2.39. The molecular weight excluding hydrogens is 534 g/mol. The molecule has 2 aromatic heterocycles. The van der Waals surface area contributed by atoms with E-state index < -0.39 is 0 Å². The van der Waals surface area contributed by atoms with Gasteiger partial charge in [-0.2, -0.15) is 0 Å². The van der Waals surface area contributed by atoms with Gasteiger partial charge in [0, 0.05) is 72.8 Å². The summed E-state index contributed by atoms with van der Waals surface area (Å²) in [6.45, 7) is 12.5. The van der Waals surface area contributed by atoms with Crippen molar-refractivity contribution in [3.8, 4) is 11.1 Å². The summed E-state index contributed by atoms with van der Waals surface area (Å²) in [7, 11) is 0. The quantitative estimate of drug-likeness (QED) is 0.227. The number of rotatable bonds is 9. The van der Waals surface area contributed by atoms with E-state index in [0.29, 0.717) is 12.6 Å². The van der Waals surface area contributed by atoms with Crippen LogP contribution in [0.15, 0.2) is 59.5 Å². The van der Waals surface area contributed by atoms with Crippen LogP contribution in [0.4, 0.5) is 11.5 Å². The number of hydrogen-bond donors (Lipinski definition) is 2. The minimum absolute atomic E-state index is 0.0482. The lowest BCUT2D eigenvalue weighted by Gasteiger charge is -2.36. The van der Waals surface area contributed by atoms with Crippen molar-refractivity contribution < 1.29 is 4.74 Å². The Bertz CT molecular complexity index is 1600. The van der Waals surface area contributed by atoms with E-state index in [4.69, 9.17) is 9.72 Å². The molecule has 2 saturated heterocycles. The van der Waals surface area contributed by atoms with Gasteiger partial charge in [-0.1, -0.05) is 30.7 Å². The molecule has 2 aromatic carbocycles. The molecule has 226 valence electrons. The van der Waals surface area contributed by atoms with Gasteiger partial charge in [0.15, 0.2) is 0 Å². The maximum atomic E-state index is 12.8. The fourth-order valence-electron chi connectivity index (χ4n) is 6.88. The Kier molecular flexibility index (Phi) is 9.10. The molecule has 0 amide bonds. The molecule has 0 saturated carbocycles. The van der Waals surface area contributed by atoms with Crippen molar-refractivity contribution in [2.45, 2.75) is 72.0 Å². The number of pyridine rings is 2. The molecule has 0 radical (unpaired) electrons. The molecule has 4 heterocycles. The van der Waals surface area contributed by atoms with Crippen molar-refractivity contribution >= 4 is 22.3 Å². The van der Waals surface area contributed by atoms with Crippen LogP contribution >= 0.6 is 0 Å². The van der Waals surface area contributed by atoms with Crippen LogP contribution in [0, 0.1) is 13.8 Å². The van der Waals surface area contributed by atoms with Crippen LogP contribution in [0.25, 0.3) is 21.9 Å². The van der Waals surface area contributed by atoms with E-state index >= 15 is 0 Å². The predicted molar refractivity (Wildman–Crippen MR) is 177 cm³/mol. The predicted octanol–water partition coefficient (Wildman–Crippen LogP) is 6.81. The van der Waals surface area contributed by atoms with Crippen molar-refractivity contribution in [2.24, 2.45) is 0 Å². The second-order valence-electron chi connectivity index (χ2n) is 12.2. The average Bonchev–Trinajstić information content (AvgIpc) is 3.02. The van der Waals surface area contributed by atoms with Crippen molar-refractivity contribution in [2.75, 3.05) is 43.1 Å². The molecule has 43 heavy (non-hydrogen) atoms. The summed E-state index contributed by atoms with van der Waals surface area (Å²) < 4.78 is 5.72. The minimum atomic E-state index is -0.0482. The highest BCUT2D eigenvalue weighted by molar-refractivity contribution is 6.03. The molecule has 4 aromatic rings. The number of likely N-dealkylation sites (tertiary alicyclic amines) is 1. The van der Waals surface area contributed by atoms with Crippen LogP contribution in [-0.4, -0.2) is 53.8 Å². The van der Waals surface area contributed by atoms with Crippen LogP contribution in [-0.2, 0) is 17.8 Å². The number of hydrogen-bond acceptors (Lipinski definition) is 6. The Labute approximate surface area is 255 Å². The van der Waals surface area contributed by atoms with Gasteiger partial charge in [-0.25, -0.2) is 4.98 Å². The number of benzene rings is 2. The Morgan fingerprint density at radius 2 is 1.74 bits per heavy atom. The second kappa shape index (κ2) is 13.3. The van der Waals surface area contributed by atoms with E-state index in [-0.39, 0.29) is 5.56 Å². The number of aromatic nitrogens is 2. The zero-order valence-corrected chi connectivity index (χ0v) is 25.9. The summed E-state index contributed by atoms with van der Waals surface area (Å²) in [5, 5.41) is 5.77. The number of fused-ring (bicyclic) bond motifs is 1. The van der Waals surface area contributed by atoms with Gasteiger partial charge >= 0.3 is 0 Å². The number of piperidine rings is 1. The third kappa shape index (κ3) is 6.63. The highest BCUT2D eigenvalue weighted by Gasteiger charge is 2.24. The third-order valence-corrected chi connectivity index (χ3v) is 9.21. The molecule has 2 aliphatic heterocycles. The van der Waals surface area contributed by atoms with Gasteiger partial charge in [-0.05, 0) is 106 Å². The molecule has 6 rings (SSSR count). The molecule has 0 spiro atoms. The molecule has 0 aliphatic carbocycles. The molecule has 2 N–H and O–H groups in total. The molecule has 0 atom stereocenters. The van der Waals surface area contributed by atoms with Crippen molar-refractivity contribution in [1.29, 1.82) is 0 Å². The molecular formula is C36H45N5O2.